The summed E-state index contributed by atoms with van der Waals surface area (Å²) >= 11 is 0. The van der Waals surface area contributed by atoms with Crippen LogP contribution in [0.25, 0.3) is 0 Å². The van der Waals surface area contributed by atoms with Crippen LogP contribution in [0, 0.1) is 5.92 Å². The Morgan fingerprint density at radius 3 is 2.26 bits per heavy atom. The van der Waals surface area contributed by atoms with Gasteiger partial charge in [0.15, 0.2) is 0 Å². The normalized spacial score (nSPS) is 12.0. The van der Waals surface area contributed by atoms with Crippen LogP contribution in [-0.4, -0.2) is 13.0 Å². The van der Waals surface area contributed by atoms with Crippen LogP contribution >= 0.6 is 0 Å². The van der Waals surface area contributed by atoms with Gasteiger partial charge in [-0.15, -0.1) is 0 Å². The maximum absolute atomic E-state index is 12.4. The molecule has 0 saturated heterocycles. The van der Waals surface area contributed by atoms with E-state index in [9.17, 15) is 4.79 Å². The van der Waals surface area contributed by atoms with Gasteiger partial charge in [0.25, 0.3) is 0 Å². The van der Waals surface area contributed by atoms with Crippen LogP contribution in [0.4, 0.5) is 0 Å². The smallest absolute Gasteiger partial charge is 0.224 e. The third-order valence-corrected chi connectivity index (χ3v) is 3.77. The number of hydrogen-bond acceptors (Lipinski definition) is 2. The Morgan fingerprint density at radius 2 is 1.70 bits per heavy atom. The van der Waals surface area contributed by atoms with E-state index < -0.39 is 0 Å². The Morgan fingerprint density at radius 1 is 1.04 bits per heavy atom. The maximum atomic E-state index is 12.4. The van der Waals surface area contributed by atoms with Crippen LogP contribution in [0.2, 0.25) is 0 Å². The van der Waals surface area contributed by atoms with Crippen LogP contribution in [0.1, 0.15) is 37.4 Å². The summed E-state index contributed by atoms with van der Waals surface area (Å²) in [5.74, 6) is 1.36. The van der Waals surface area contributed by atoms with Gasteiger partial charge in [-0.2, -0.15) is 0 Å². The molecule has 0 aliphatic rings. The molecule has 2 aromatic rings. The SMILES string of the molecule is COc1ccc(CC(=O)N[C@@H](CC(C)C)c2ccccc2)cc1. The molecule has 0 heterocycles. The second-order valence-corrected chi connectivity index (χ2v) is 6.19. The van der Waals surface area contributed by atoms with E-state index in [1.807, 2.05) is 42.5 Å². The van der Waals surface area contributed by atoms with Crippen LogP contribution in [0.15, 0.2) is 54.6 Å². The van der Waals surface area contributed by atoms with Crippen molar-refractivity contribution in [2.75, 3.05) is 7.11 Å². The molecule has 2 rings (SSSR count). The molecule has 2 aromatic carbocycles. The van der Waals surface area contributed by atoms with Gasteiger partial charge in [0.2, 0.25) is 5.91 Å². The Hall–Kier alpha value is -2.29. The van der Waals surface area contributed by atoms with Gasteiger partial charge in [-0.05, 0) is 35.6 Å². The molecule has 0 aliphatic carbocycles. The highest BCUT2D eigenvalue weighted by atomic mass is 16.5. The zero-order valence-electron chi connectivity index (χ0n) is 14.1. The van der Waals surface area contributed by atoms with Gasteiger partial charge < -0.3 is 10.1 Å². The Balaban J connectivity index is 2.02. The summed E-state index contributed by atoms with van der Waals surface area (Å²) in [6.45, 7) is 4.34. The molecular weight excluding hydrogens is 286 g/mol. The molecule has 3 nitrogen and oxygen atoms in total. The number of ether oxygens (including phenoxy) is 1. The molecule has 1 N–H and O–H groups in total. The highest BCUT2D eigenvalue weighted by Gasteiger charge is 2.16. The van der Waals surface area contributed by atoms with E-state index >= 15 is 0 Å². The lowest BCUT2D eigenvalue weighted by Gasteiger charge is -2.21. The first-order valence-corrected chi connectivity index (χ1v) is 8.05. The van der Waals surface area contributed by atoms with Crippen molar-refractivity contribution in [3.05, 3.63) is 65.7 Å². The first-order valence-electron chi connectivity index (χ1n) is 8.05. The quantitative estimate of drug-likeness (QED) is 0.834. The molecule has 0 radical (unpaired) electrons. The minimum atomic E-state index is 0.0460. The van der Waals surface area contributed by atoms with Crippen LogP contribution in [-0.2, 0) is 11.2 Å². The predicted octanol–water partition coefficient (Wildman–Crippen LogP) is 4.14. The first kappa shape index (κ1) is 17.1. The lowest BCUT2D eigenvalue weighted by molar-refractivity contribution is -0.121. The average molecular weight is 311 g/mol. The van der Waals surface area contributed by atoms with Gasteiger partial charge >= 0.3 is 0 Å². The van der Waals surface area contributed by atoms with Gasteiger partial charge in [-0.1, -0.05) is 56.3 Å². The second kappa shape index (κ2) is 8.37. The first-order chi connectivity index (χ1) is 11.1. The average Bonchev–Trinajstić information content (AvgIpc) is 2.55. The number of benzene rings is 2. The summed E-state index contributed by atoms with van der Waals surface area (Å²) in [7, 11) is 1.64. The number of carbonyl (C=O) groups is 1. The molecular formula is C20H25NO2. The zero-order valence-corrected chi connectivity index (χ0v) is 14.1. The summed E-state index contributed by atoms with van der Waals surface area (Å²) in [6, 6.07) is 17.8. The minimum Gasteiger partial charge on any atom is -0.497 e. The highest BCUT2D eigenvalue weighted by molar-refractivity contribution is 5.79. The largest absolute Gasteiger partial charge is 0.497 e. The molecule has 0 aromatic heterocycles. The molecule has 122 valence electrons. The summed E-state index contributed by atoms with van der Waals surface area (Å²) in [5.41, 5.74) is 2.14. The maximum Gasteiger partial charge on any atom is 0.224 e. The number of rotatable bonds is 7. The standard InChI is InChI=1S/C20H25NO2/c1-15(2)13-19(17-7-5-4-6-8-17)21-20(22)14-16-9-11-18(23-3)12-10-16/h4-12,15,19H,13-14H2,1-3H3,(H,21,22)/t19-/m0/s1. The molecule has 0 bridgehead atoms. The summed E-state index contributed by atoms with van der Waals surface area (Å²) in [6.07, 6.45) is 1.31. The van der Waals surface area contributed by atoms with Gasteiger partial charge in [0, 0.05) is 0 Å². The molecule has 0 unspecified atom stereocenters. The van der Waals surface area contributed by atoms with E-state index in [1.165, 1.54) is 0 Å². The molecule has 3 heteroatoms. The third kappa shape index (κ3) is 5.44. The van der Waals surface area contributed by atoms with Crippen molar-refractivity contribution in [2.24, 2.45) is 5.92 Å². The zero-order chi connectivity index (χ0) is 16.7. The number of carbonyl (C=O) groups excluding carboxylic acids is 1. The number of methoxy groups -OCH3 is 1. The van der Waals surface area contributed by atoms with Gasteiger partial charge in [-0.3, -0.25) is 4.79 Å². The summed E-state index contributed by atoms with van der Waals surface area (Å²) < 4.78 is 5.14. The fraction of sp³-hybridized carbons (Fsp3) is 0.350. The molecule has 23 heavy (non-hydrogen) atoms. The predicted molar refractivity (Wildman–Crippen MR) is 93.5 cm³/mol. The van der Waals surface area contributed by atoms with Crippen LogP contribution in [0.5, 0.6) is 5.75 Å². The number of nitrogens with one attached hydrogen (secondary N) is 1. The van der Waals surface area contributed by atoms with Gasteiger partial charge in [0.1, 0.15) is 5.75 Å². The van der Waals surface area contributed by atoms with Crippen molar-refractivity contribution in [1.29, 1.82) is 0 Å². The molecule has 0 aliphatic heterocycles. The fourth-order valence-electron chi connectivity index (χ4n) is 2.61. The molecule has 1 atom stereocenters. The molecule has 0 spiro atoms. The van der Waals surface area contributed by atoms with Crippen molar-refractivity contribution < 1.29 is 9.53 Å². The fourth-order valence-corrected chi connectivity index (χ4v) is 2.61. The summed E-state index contributed by atoms with van der Waals surface area (Å²) in [5, 5.41) is 3.17. The lowest BCUT2D eigenvalue weighted by Crippen LogP contribution is -2.30. The molecule has 0 fully saturated rings. The van der Waals surface area contributed by atoms with E-state index in [0.29, 0.717) is 12.3 Å². The van der Waals surface area contributed by atoms with E-state index in [0.717, 1.165) is 23.3 Å². The van der Waals surface area contributed by atoms with E-state index in [2.05, 4.69) is 31.3 Å². The van der Waals surface area contributed by atoms with Crippen LogP contribution in [0.3, 0.4) is 0 Å². The van der Waals surface area contributed by atoms with Crippen molar-refractivity contribution in [3.8, 4) is 5.75 Å². The van der Waals surface area contributed by atoms with Crippen molar-refractivity contribution in [3.63, 3.8) is 0 Å². The Kier molecular flexibility index (Phi) is 6.21. The van der Waals surface area contributed by atoms with Gasteiger partial charge in [-0.25, -0.2) is 0 Å². The van der Waals surface area contributed by atoms with E-state index in [4.69, 9.17) is 4.74 Å². The second-order valence-electron chi connectivity index (χ2n) is 6.19. The molecule has 1 amide bonds. The van der Waals surface area contributed by atoms with Crippen molar-refractivity contribution in [2.45, 2.75) is 32.7 Å². The molecule has 0 saturated carbocycles. The van der Waals surface area contributed by atoms with Crippen molar-refractivity contribution >= 4 is 5.91 Å². The highest BCUT2D eigenvalue weighted by Crippen LogP contribution is 2.21. The Labute approximate surface area is 138 Å². The van der Waals surface area contributed by atoms with Crippen molar-refractivity contribution in [1.82, 2.24) is 5.32 Å². The monoisotopic (exact) mass is 311 g/mol. The van der Waals surface area contributed by atoms with Gasteiger partial charge in [0.05, 0.1) is 19.6 Å². The van der Waals surface area contributed by atoms with E-state index in [1.54, 1.807) is 7.11 Å². The third-order valence-electron chi connectivity index (χ3n) is 3.77. The topological polar surface area (TPSA) is 38.3 Å². The Bertz CT molecular complexity index is 605. The van der Waals surface area contributed by atoms with E-state index in [-0.39, 0.29) is 11.9 Å². The summed E-state index contributed by atoms with van der Waals surface area (Å²) in [4.78, 5) is 12.4. The van der Waals surface area contributed by atoms with Crippen LogP contribution < -0.4 is 10.1 Å². The number of amides is 1. The number of hydrogen-bond donors (Lipinski definition) is 1. The lowest BCUT2D eigenvalue weighted by atomic mass is 9.96. The minimum absolute atomic E-state index is 0.0460.